The summed E-state index contributed by atoms with van der Waals surface area (Å²) < 4.78 is 1.51. The van der Waals surface area contributed by atoms with Gasteiger partial charge in [0.05, 0.1) is 5.56 Å². The van der Waals surface area contributed by atoms with Crippen molar-refractivity contribution < 1.29 is 9.90 Å². The van der Waals surface area contributed by atoms with Gasteiger partial charge < -0.3 is 9.67 Å². The Morgan fingerprint density at radius 2 is 2.12 bits per heavy atom. The van der Waals surface area contributed by atoms with Crippen molar-refractivity contribution in [2.45, 2.75) is 32.2 Å². The zero-order valence-corrected chi connectivity index (χ0v) is 9.46. The maximum Gasteiger partial charge on any atom is 0.337 e. The summed E-state index contributed by atoms with van der Waals surface area (Å²) in [6.45, 7) is 0.564. The molecule has 0 saturated carbocycles. The molecule has 0 fully saturated rings. The Hall–Kier alpha value is -1.29. The van der Waals surface area contributed by atoms with Crippen LogP contribution < -0.4 is 5.56 Å². The molecule has 0 aliphatic carbocycles. The van der Waals surface area contributed by atoms with Crippen LogP contribution >= 0.6 is 11.6 Å². The molecule has 2 heterocycles. The first kappa shape index (κ1) is 11.2. The highest BCUT2D eigenvalue weighted by Gasteiger charge is 2.19. The van der Waals surface area contributed by atoms with Crippen LogP contribution in [-0.2, 0) is 13.0 Å². The third-order valence-corrected chi connectivity index (χ3v) is 3.15. The molecule has 86 valence electrons. The predicted molar refractivity (Wildman–Crippen MR) is 60.2 cm³/mol. The lowest BCUT2D eigenvalue weighted by atomic mass is 10.1. The molecule has 0 aromatic carbocycles. The molecule has 2 rings (SSSR count). The van der Waals surface area contributed by atoms with Gasteiger partial charge >= 0.3 is 5.97 Å². The maximum absolute atomic E-state index is 11.8. The summed E-state index contributed by atoms with van der Waals surface area (Å²) in [7, 11) is 0. The van der Waals surface area contributed by atoms with Crippen molar-refractivity contribution in [3.05, 3.63) is 32.7 Å². The number of pyridine rings is 1. The van der Waals surface area contributed by atoms with Crippen molar-refractivity contribution in [2.75, 3.05) is 0 Å². The van der Waals surface area contributed by atoms with Crippen LogP contribution in [0.2, 0.25) is 5.02 Å². The van der Waals surface area contributed by atoms with Gasteiger partial charge in [-0.3, -0.25) is 4.79 Å². The molecule has 1 N–H and O–H groups in total. The first-order valence-corrected chi connectivity index (χ1v) is 5.64. The summed E-state index contributed by atoms with van der Waals surface area (Å²) >= 11 is 5.75. The van der Waals surface area contributed by atoms with Crippen molar-refractivity contribution in [3.63, 3.8) is 0 Å². The van der Waals surface area contributed by atoms with Crippen molar-refractivity contribution in [1.82, 2.24) is 4.57 Å². The Kier molecular flexibility index (Phi) is 3.01. The second-order valence-electron chi connectivity index (χ2n) is 3.93. The van der Waals surface area contributed by atoms with E-state index in [0.29, 0.717) is 18.7 Å². The summed E-state index contributed by atoms with van der Waals surface area (Å²) in [6, 6.07) is 1.27. The fourth-order valence-corrected chi connectivity index (χ4v) is 2.31. The molecule has 16 heavy (non-hydrogen) atoms. The SMILES string of the molecule is O=C(O)c1cc(Cl)c(=O)n2c1CCCCC2. The van der Waals surface area contributed by atoms with E-state index in [-0.39, 0.29) is 16.1 Å². The zero-order valence-electron chi connectivity index (χ0n) is 8.70. The average molecular weight is 242 g/mol. The number of carboxylic acids is 1. The number of hydrogen-bond acceptors (Lipinski definition) is 2. The highest BCUT2D eigenvalue weighted by atomic mass is 35.5. The van der Waals surface area contributed by atoms with Crippen LogP contribution in [0.25, 0.3) is 0 Å². The van der Waals surface area contributed by atoms with E-state index in [1.54, 1.807) is 0 Å². The number of halogens is 1. The molecule has 1 aliphatic rings. The second kappa shape index (κ2) is 4.29. The van der Waals surface area contributed by atoms with Gasteiger partial charge in [0.15, 0.2) is 0 Å². The Morgan fingerprint density at radius 1 is 1.38 bits per heavy atom. The molecule has 0 amide bonds. The maximum atomic E-state index is 11.8. The molecule has 0 bridgehead atoms. The molecule has 0 unspecified atom stereocenters. The molecular formula is C11H12ClNO3. The van der Waals surface area contributed by atoms with E-state index in [9.17, 15) is 9.59 Å². The third kappa shape index (κ3) is 1.85. The van der Waals surface area contributed by atoms with Crippen molar-refractivity contribution >= 4 is 17.6 Å². The third-order valence-electron chi connectivity index (χ3n) is 2.88. The molecule has 1 aromatic rings. The van der Waals surface area contributed by atoms with Gasteiger partial charge in [-0.1, -0.05) is 18.0 Å². The fourth-order valence-electron chi connectivity index (χ4n) is 2.10. The van der Waals surface area contributed by atoms with Gasteiger partial charge in [-0.2, -0.15) is 0 Å². The summed E-state index contributed by atoms with van der Waals surface area (Å²) in [6.07, 6.45) is 3.46. The van der Waals surface area contributed by atoms with Gasteiger partial charge in [0.1, 0.15) is 5.02 Å². The lowest BCUT2D eigenvalue weighted by molar-refractivity contribution is 0.0694. The van der Waals surface area contributed by atoms with Gasteiger partial charge in [-0.15, -0.1) is 0 Å². The molecule has 0 radical (unpaired) electrons. The molecule has 0 saturated heterocycles. The summed E-state index contributed by atoms with van der Waals surface area (Å²) in [5, 5.41) is 9.06. The van der Waals surface area contributed by atoms with Crippen LogP contribution in [0.5, 0.6) is 0 Å². The van der Waals surface area contributed by atoms with Gasteiger partial charge in [0.2, 0.25) is 0 Å². The second-order valence-corrected chi connectivity index (χ2v) is 4.33. The summed E-state index contributed by atoms with van der Waals surface area (Å²) in [4.78, 5) is 22.9. The summed E-state index contributed by atoms with van der Waals surface area (Å²) in [5.74, 6) is -1.02. The zero-order chi connectivity index (χ0) is 11.7. The van der Waals surface area contributed by atoms with Crippen LogP contribution in [0.4, 0.5) is 0 Å². The highest BCUT2D eigenvalue weighted by molar-refractivity contribution is 6.30. The Balaban J connectivity index is 2.69. The number of carboxylic acid groups (broad SMARTS) is 1. The van der Waals surface area contributed by atoms with E-state index in [1.165, 1.54) is 10.6 Å². The number of aromatic nitrogens is 1. The first-order valence-electron chi connectivity index (χ1n) is 5.27. The van der Waals surface area contributed by atoms with Crippen molar-refractivity contribution in [2.24, 2.45) is 0 Å². The van der Waals surface area contributed by atoms with E-state index in [1.807, 2.05) is 0 Å². The number of carbonyl (C=O) groups is 1. The van der Waals surface area contributed by atoms with E-state index < -0.39 is 5.97 Å². The topological polar surface area (TPSA) is 59.3 Å². The average Bonchev–Trinajstić information content (AvgIpc) is 2.48. The van der Waals surface area contributed by atoms with E-state index in [4.69, 9.17) is 16.7 Å². The number of nitrogens with zero attached hydrogens (tertiary/aromatic N) is 1. The molecule has 4 nitrogen and oxygen atoms in total. The van der Waals surface area contributed by atoms with Crippen LogP contribution in [-0.4, -0.2) is 15.6 Å². The Bertz CT molecular complexity index is 493. The molecule has 0 atom stereocenters. The highest BCUT2D eigenvalue weighted by Crippen LogP contribution is 2.19. The fraction of sp³-hybridized carbons (Fsp3) is 0.455. The lowest BCUT2D eigenvalue weighted by Crippen LogP contribution is -2.26. The van der Waals surface area contributed by atoms with Gasteiger partial charge in [0.25, 0.3) is 5.56 Å². The van der Waals surface area contributed by atoms with Crippen molar-refractivity contribution in [1.29, 1.82) is 0 Å². The van der Waals surface area contributed by atoms with Gasteiger partial charge in [-0.05, 0) is 25.3 Å². The van der Waals surface area contributed by atoms with Crippen molar-refractivity contribution in [3.8, 4) is 0 Å². The normalized spacial score (nSPS) is 15.3. The van der Waals surface area contributed by atoms with Crippen LogP contribution in [0.3, 0.4) is 0 Å². The number of aromatic carboxylic acids is 1. The van der Waals surface area contributed by atoms with E-state index in [2.05, 4.69) is 0 Å². The standard InChI is InChI=1S/C11H12ClNO3/c12-8-6-7(11(15)16)9-4-2-1-3-5-13(9)10(8)14/h6H,1-5H2,(H,15,16). The minimum Gasteiger partial charge on any atom is -0.478 e. The summed E-state index contributed by atoms with van der Waals surface area (Å²) in [5.41, 5.74) is 0.495. The quantitative estimate of drug-likeness (QED) is 0.817. The van der Waals surface area contributed by atoms with E-state index in [0.717, 1.165) is 19.3 Å². The molecule has 5 heteroatoms. The number of hydrogen-bond donors (Lipinski definition) is 1. The number of fused-ring (bicyclic) bond motifs is 1. The smallest absolute Gasteiger partial charge is 0.337 e. The van der Waals surface area contributed by atoms with Gasteiger partial charge in [0, 0.05) is 12.2 Å². The minimum absolute atomic E-state index is 0.0111. The molecule has 0 spiro atoms. The predicted octanol–water partition coefficient (Wildman–Crippen LogP) is 1.93. The van der Waals surface area contributed by atoms with E-state index >= 15 is 0 Å². The Morgan fingerprint density at radius 3 is 2.81 bits per heavy atom. The molecule has 1 aromatic heterocycles. The minimum atomic E-state index is -1.02. The largest absolute Gasteiger partial charge is 0.478 e. The van der Waals surface area contributed by atoms with Crippen LogP contribution in [0.1, 0.15) is 35.3 Å². The first-order chi connectivity index (χ1) is 7.61. The molecular weight excluding hydrogens is 230 g/mol. The monoisotopic (exact) mass is 241 g/mol. The van der Waals surface area contributed by atoms with Crippen LogP contribution in [0.15, 0.2) is 10.9 Å². The number of rotatable bonds is 1. The lowest BCUT2D eigenvalue weighted by Gasteiger charge is -2.12. The Labute approximate surface area is 97.5 Å². The van der Waals surface area contributed by atoms with Gasteiger partial charge in [-0.25, -0.2) is 4.79 Å². The molecule has 1 aliphatic heterocycles. The van der Waals surface area contributed by atoms with Crippen LogP contribution in [0, 0.1) is 0 Å².